The fraction of sp³-hybridized carbons (Fsp3) is 0.208. The van der Waals surface area contributed by atoms with Crippen molar-refractivity contribution in [3.8, 4) is 34.1 Å². The highest BCUT2D eigenvalue weighted by Crippen LogP contribution is 2.41. The fourth-order valence-electron chi connectivity index (χ4n) is 4.31. The van der Waals surface area contributed by atoms with Crippen molar-refractivity contribution in [2.45, 2.75) is 19.3 Å². The van der Waals surface area contributed by atoms with Gasteiger partial charge in [-0.05, 0) is 60.2 Å². The average molecular weight is 422 g/mol. The minimum atomic E-state index is -0.294. The smallest absolute Gasteiger partial charge is 0.229 e. The Labute approximate surface area is 177 Å². The normalized spacial score (nSPS) is 14.9. The third kappa shape index (κ3) is 2.69. The molecule has 0 saturated heterocycles. The lowest BCUT2D eigenvalue weighted by atomic mass is 10.0. The number of rotatable bonds is 2. The molecule has 0 unspecified atom stereocenters. The van der Waals surface area contributed by atoms with Crippen LogP contribution in [-0.4, -0.2) is 18.2 Å². The minimum absolute atomic E-state index is 0.200. The van der Waals surface area contributed by atoms with Crippen molar-refractivity contribution in [3.63, 3.8) is 0 Å². The zero-order chi connectivity index (χ0) is 20.2. The van der Waals surface area contributed by atoms with E-state index in [1.165, 1.54) is 0 Å². The highest BCUT2D eigenvalue weighted by Gasteiger charge is 2.23. The number of aryl methyl sites for hydroxylation is 1. The standard InChI is InChI=1S/C24H17ClFNO3/c25-21-15(14-7-8-19-20(12-14)29-10-9-28-19)4-2-6-17(21)24-27-18-11-13-3-1-5-16(13)22(26)23(18)30-24/h2,4,6-8,11-12H,1,3,5,9-10H2. The van der Waals surface area contributed by atoms with Crippen molar-refractivity contribution >= 4 is 22.7 Å². The van der Waals surface area contributed by atoms with Gasteiger partial charge < -0.3 is 13.9 Å². The molecule has 1 aliphatic carbocycles. The second-order valence-electron chi connectivity index (χ2n) is 7.57. The van der Waals surface area contributed by atoms with E-state index in [0.29, 0.717) is 41.0 Å². The van der Waals surface area contributed by atoms with Crippen molar-refractivity contribution < 1.29 is 18.3 Å². The lowest BCUT2D eigenvalue weighted by Crippen LogP contribution is -2.15. The Kier molecular flexibility index (Phi) is 4.00. The Morgan fingerprint density at radius 2 is 1.77 bits per heavy atom. The van der Waals surface area contributed by atoms with Crippen LogP contribution in [0, 0.1) is 5.82 Å². The van der Waals surface area contributed by atoms with E-state index >= 15 is 0 Å². The van der Waals surface area contributed by atoms with Gasteiger partial charge in [-0.2, -0.15) is 0 Å². The van der Waals surface area contributed by atoms with Crippen LogP contribution in [0.25, 0.3) is 33.7 Å². The molecule has 150 valence electrons. The first-order valence-corrected chi connectivity index (χ1v) is 10.4. The van der Waals surface area contributed by atoms with Gasteiger partial charge in [0.05, 0.1) is 10.6 Å². The number of halogens is 2. The summed E-state index contributed by atoms with van der Waals surface area (Å²) in [5.74, 6) is 1.44. The number of benzene rings is 3. The first-order valence-electron chi connectivity index (χ1n) is 9.99. The van der Waals surface area contributed by atoms with Crippen LogP contribution in [0.3, 0.4) is 0 Å². The molecular formula is C24H17ClFNO3. The number of ether oxygens (including phenoxy) is 2. The van der Waals surface area contributed by atoms with Gasteiger partial charge in [0, 0.05) is 5.56 Å². The van der Waals surface area contributed by atoms with E-state index in [9.17, 15) is 4.39 Å². The lowest BCUT2D eigenvalue weighted by molar-refractivity contribution is 0.171. The summed E-state index contributed by atoms with van der Waals surface area (Å²) in [6, 6.07) is 13.3. The van der Waals surface area contributed by atoms with Crippen molar-refractivity contribution in [3.05, 3.63) is 64.4 Å². The molecular weight excluding hydrogens is 405 g/mol. The molecule has 2 aliphatic rings. The second kappa shape index (κ2) is 6.74. The Morgan fingerprint density at radius 3 is 2.67 bits per heavy atom. The number of oxazole rings is 1. The molecule has 3 aromatic carbocycles. The van der Waals surface area contributed by atoms with Gasteiger partial charge in [0.2, 0.25) is 5.89 Å². The highest BCUT2D eigenvalue weighted by molar-refractivity contribution is 6.36. The van der Waals surface area contributed by atoms with Gasteiger partial charge in [-0.1, -0.05) is 29.8 Å². The average Bonchev–Trinajstić information content (AvgIpc) is 3.41. The maximum atomic E-state index is 14.9. The molecule has 30 heavy (non-hydrogen) atoms. The quantitative estimate of drug-likeness (QED) is 0.385. The summed E-state index contributed by atoms with van der Waals surface area (Å²) in [7, 11) is 0. The molecule has 0 radical (unpaired) electrons. The molecule has 6 rings (SSSR count). The topological polar surface area (TPSA) is 44.5 Å². The van der Waals surface area contributed by atoms with Crippen LogP contribution in [0.5, 0.6) is 11.5 Å². The molecule has 0 bridgehead atoms. The molecule has 1 aliphatic heterocycles. The zero-order valence-corrected chi connectivity index (χ0v) is 16.8. The molecule has 0 fully saturated rings. The van der Waals surface area contributed by atoms with Crippen LogP contribution in [0.4, 0.5) is 4.39 Å². The van der Waals surface area contributed by atoms with Gasteiger partial charge in [0.1, 0.15) is 18.7 Å². The minimum Gasteiger partial charge on any atom is -0.486 e. The van der Waals surface area contributed by atoms with E-state index in [4.69, 9.17) is 25.5 Å². The largest absolute Gasteiger partial charge is 0.486 e. The van der Waals surface area contributed by atoms with Crippen molar-refractivity contribution in [2.24, 2.45) is 0 Å². The SMILES string of the molecule is Fc1c2c(cc3nc(-c4cccc(-c5ccc6c(c5)OCCO6)c4Cl)oc13)CCC2. The van der Waals surface area contributed by atoms with Gasteiger partial charge in [-0.25, -0.2) is 9.37 Å². The monoisotopic (exact) mass is 421 g/mol. The summed E-state index contributed by atoms with van der Waals surface area (Å²) in [5, 5.41) is 0.494. The van der Waals surface area contributed by atoms with E-state index in [-0.39, 0.29) is 11.4 Å². The maximum absolute atomic E-state index is 14.9. The van der Waals surface area contributed by atoms with Crippen LogP contribution >= 0.6 is 11.6 Å². The van der Waals surface area contributed by atoms with Crippen molar-refractivity contribution in [1.82, 2.24) is 4.98 Å². The predicted molar refractivity (Wildman–Crippen MR) is 113 cm³/mol. The lowest BCUT2D eigenvalue weighted by Gasteiger charge is -2.19. The summed E-state index contributed by atoms with van der Waals surface area (Å²) in [4.78, 5) is 4.55. The van der Waals surface area contributed by atoms with Gasteiger partial charge in [0.15, 0.2) is 22.9 Å². The molecule has 2 heterocycles. The van der Waals surface area contributed by atoms with E-state index < -0.39 is 0 Å². The van der Waals surface area contributed by atoms with Crippen molar-refractivity contribution in [1.29, 1.82) is 0 Å². The number of aromatic nitrogens is 1. The Hall–Kier alpha value is -3.05. The third-order valence-electron chi connectivity index (χ3n) is 5.77. The van der Waals surface area contributed by atoms with Gasteiger partial charge in [-0.15, -0.1) is 0 Å². The van der Waals surface area contributed by atoms with E-state index in [2.05, 4.69) is 4.98 Å². The van der Waals surface area contributed by atoms with Gasteiger partial charge >= 0.3 is 0 Å². The van der Waals surface area contributed by atoms with E-state index in [1.807, 2.05) is 42.5 Å². The van der Waals surface area contributed by atoms with E-state index in [1.54, 1.807) is 0 Å². The summed E-state index contributed by atoms with van der Waals surface area (Å²) < 4.78 is 32.1. The molecule has 4 nitrogen and oxygen atoms in total. The summed E-state index contributed by atoms with van der Waals surface area (Å²) in [6.45, 7) is 1.06. The Bertz CT molecular complexity index is 1310. The maximum Gasteiger partial charge on any atom is 0.229 e. The molecule has 0 atom stereocenters. The third-order valence-corrected chi connectivity index (χ3v) is 6.18. The Morgan fingerprint density at radius 1 is 0.933 bits per heavy atom. The first kappa shape index (κ1) is 17.8. The molecule has 6 heteroatoms. The predicted octanol–water partition coefficient (Wildman–Crippen LogP) is 6.21. The van der Waals surface area contributed by atoms with Crippen LogP contribution < -0.4 is 9.47 Å². The highest BCUT2D eigenvalue weighted by atomic mass is 35.5. The Balaban J connectivity index is 1.46. The zero-order valence-electron chi connectivity index (χ0n) is 16.0. The van der Waals surface area contributed by atoms with Crippen molar-refractivity contribution in [2.75, 3.05) is 13.2 Å². The first-order chi connectivity index (χ1) is 14.7. The summed E-state index contributed by atoms with van der Waals surface area (Å²) in [6.07, 6.45) is 2.59. The number of hydrogen-bond acceptors (Lipinski definition) is 4. The molecule has 4 aromatic rings. The van der Waals surface area contributed by atoms with Gasteiger partial charge in [0.25, 0.3) is 0 Å². The van der Waals surface area contributed by atoms with Gasteiger partial charge in [-0.3, -0.25) is 0 Å². The molecule has 0 saturated carbocycles. The molecule has 0 N–H and O–H groups in total. The number of fused-ring (bicyclic) bond motifs is 3. The number of hydrogen-bond donors (Lipinski definition) is 0. The molecule has 0 spiro atoms. The summed E-state index contributed by atoms with van der Waals surface area (Å²) in [5.41, 5.74) is 4.84. The van der Waals surface area contributed by atoms with Crippen LogP contribution in [0.2, 0.25) is 5.02 Å². The second-order valence-corrected chi connectivity index (χ2v) is 7.95. The molecule has 0 amide bonds. The molecule has 1 aromatic heterocycles. The summed E-state index contributed by atoms with van der Waals surface area (Å²) >= 11 is 6.76. The van der Waals surface area contributed by atoms with Crippen LogP contribution in [0.1, 0.15) is 17.5 Å². The van der Waals surface area contributed by atoms with Crippen LogP contribution in [-0.2, 0) is 12.8 Å². The number of nitrogens with zero attached hydrogens (tertiary/aromatic N) is 1. The van der Waals surface area contributed by atoms with E-state index in [0.717, 1.165) is 47.3 Å². The van der Waals surface area contributed by atoms with Crippen LogP contribution in [0.15, 0.2) is 46.9 Å². The fourth-order valence-corrected chi connectivity index (χ4v) is 4.63.